The van der Waals surface area contributed by atoms with Gasteiger partial charge in [-0.05, 0) is 12.5 Å². The second-order valence-electron chi connectivity index (χ2n) is 5.52. The highest BCUT2D eigenvalue weighted by Gasteiger charge is 2.19. The van der Waals surface area contributed by atoms with Gasteiger partial charge in [0.15, 0.2) is 12.4 Å². The molecule has 130 valence electrons. The van der Waals surface area contributed by atoms with Crippen molar-refractivity contribution in [1.82, 2.24) is 5.32 Å². The first-order chi connectivity index (χ1) is 12.1. The molecule has 0 aliphatic heterocycles. The number of ether oxygens (including phenoxy) is 1. The second kappa shape index (κ2) is 9.37. The molecule has 0 aromatic heterocycles. The molecule has 5 heteroatoms. The van der Waals surface area contributed by atoms with E-state index in [1.54, 1.807) is 42.5 Å². The predicted octanol–water partition coefficient (Wildman–Crippen LogP) is 2.99. The average Bonchev–Trinajstić information content (AvgIpc) is 2.66. The first-order valence-electron chi connectivity index (χ1n) is 8.26. The minimum absolute atomic E-state index is 0.151. The molecule has 2 aromatic carbocycles. The summed E-state index contributed by atoms with van der Waals surface area (Å²) in [5, 5.41) is 2.67. The van der Waals surface area contributed by atoms with Gasteiger partial charge in [0.2, 0.25) is 0 Å². The predicted molar refractivity (Wildman–Crippen MR) is 94.5 cm³/mol. The first-order valence-corrected chi connectivity index (χ1v) is 8.26. The smallest absolute Gasteiger partial charge is 0.339 e. The van der Waals surface area contributed by atoms with Crippen LogP contribution in [0.1, 0.15) is 46.0 Å². The summed E-state index contributed by atoms with van der Waals surface area (Å²) in [5.41, 5.74) is 0.892. The number of hydrogen-bond acceptors (Lipinski definition) is 4. The van der Waals surface area contributed by atoms with Gasteiger partial charge >= 0.3 is 5.97 Å². The monoisotopic (exact) mass is 339 g/mol. The number of benzene rings is 2. The standard InChI is InChI=1S/C20H21NO4/c1-2-3-13-21-18(22)14-25-20(24)17-12-8-7-11-16(17)19(23)15-9-5-4-6-10-15/h4-12H,2-3,13-14H2,1H3,(H,21,22). The average molecular weight is 339 g/mol. The van der Waals surface area contributed by atoms with Crippen LogP contribution in [0.4, 0.5) is 0 Å². The Morgan fingerprint density at radius 2 is 1.56 bits per heavy atom. The lowest BCUT2D eigenvalue weighted by molar-refractivity contribution is -0.124. The lowest BCUT2D eigenvalue weighted by Crippen LogP contribution is -2.29. The highest BCUT2D eigenvalue weighted by molar-refractivity contribution is 6.14. The third-order valence-electron chi connectivity index (χ3n) is 3.61. The molecule has 5 nitrogen and oxygen atoms in total. The van der Waals surface area contributed by atoms with E-state index in [0.29, 0.717) is 12.1 Å². The van der Waals surface area contributed by atoms with E-state index in [9.17, 15) is 14.4 Å². The van der Waals surface area contributed by atoms with Gasteiger partial charge in [-0.2, -0.15) is 0 Å². The quantitative estimate of drug-likeness (QED) is 0.456. The largest absolute Gasteiger partial charge is 0.452 e. The third-order valence-corrected chi connectivity index (χ3v) is 3.61. The van der Waals surface area contributed by atoms with Crippen LogP contribution in [0.15, 0.2) is 54.6 Å². The second-order valence-corrected chi connectivity index (χ2v) is 5.52. The lowest BCUT2D eigenvalue weighted by atomic mass is 9.98. The minimum atomic E-state index is -0.689. The molecule has 0 heterocycles. The van der Waals surface area contributed by atoms with E-state index in [4.69, 9.17) is 4.74 Å². The van der Waals surface area contributed by atoms with Gasteiger partial charge in [-0.25, -0.2) is 4.79 Å². The number of nitrogens with one attached hydrogen (secondary N) is 1. The minimum Gasteiger partial charge on any atom is -0.452 e. The SMILES string of the molecule is CCCCNC(=O)COC(=O)c1ccccc1C(=O)c1ccccc1. The molecule has 0 aliphatic carbocycles. The molecule has 2 rings (SSSR count). The van der Waals surface area contributed by atoms with E-state index >= 15 is 0 Å². The molecule has 1 N–H and O–H groups in total. The maximum absolute atomic E-state index is 12.6. The Bertz CT molecular complexity index is 740. The molecular formula is C20H21NO4. The molecular weight excluding hydrogens is 318 g/mol. The molecule has 0 fully saturated rings. The van der Waals surface area contributed by atoms with Crippen LogP contribution in [0.3, 0.4) is 0 Å². The maximum Gasteiger partial charge on any atom is 0.339 e. The van der Waals surface area contributed by atoms with E-state index in [-0.39, 0.29) is 29.4 Å². The highest BCUT2D eigenvalue weighted by Crippen LogP contribution is 2.15. The highest BCUT2D eigenvalue weighted by atomic mass is 16.5. The van der Waals surface area contributed by atoms with Crippen molar-refractivity contribution in [3.05, 3.63) is 71.3 Å². The van der Waals surface area contributed by atoms with Crippen molar-refractivity contribution in [2.45, 2.75) is 19.8 Å². The van der Waals surface area contributed by atoms with Gasteiger partial charge in [0, 0.05) is 17.7 Å². The van der Waals surface area contributed by atoms with Crippen LogP contribution < -0.4 is 5.32 Å². The van der Waals surface area contributed by atoms with E-state index in [2.05, 4.69) is 5.32 Å². The summed E-state index contributed by atoms with van der Waals surface area (Å²) in [6.45, 7) is 2.21. The summed E-state index contributed by atoms with van der Waals surface area (Å²) in [6, 6.07) is 15.1. The Morgan fingerprint density at radius 1 is 0.920 bits per heavy atom. The Morgan fingerprint density at radius 3 is 2.24 bits per heavy atom. The zero-order valence-electron chi connectivity index (χ0n) is 14.2. The van der Waals surface area contributed by atoms with E-state index in [1.807, 2.05) is 13.0 Å². The molecule has 1 amide bonds. The fourth-order valence-corrected chi connectivity index (χ4v) is 2.27. The number of rotatable bonds is 8. The van der Waals surface area contributed by atoms with Crippen LogP contribution in [0.2, 0.25) is 0 Å². The van der Waals surface area contributed by atoms with Crippen molar-refractivity contribution in [2.24, 2.45) is 0 Å². The van der Waals surface area contributed by atoms with Crippen LogP contribution in [-0.4, -0.2) is 30.8 Å². The molecule has 0 spiro atoms. The fourth-order valence-electron chi connectivity index (χ4n) is 2.27. The van der Waals surface area contributed by atoms with Gasteiger partial charge < -0.3 is 10.1 Å². The third kappa shape index (κ3) is 5.28. The van der Waals surface area contributed by atoms with Crippen LogP contribution >= 0.6 is 0 Å². The molecule has 0 unspecified atom stereocenters. The maximum atomic E-state index is 12.6. The van der Waals surface area contributed by atoms with Crippen molar-refractivity contribution in [1.29, 1.82) is 0 Å². The van der Waals surface area contributed by atoms with Gasteiger partial charge in [0.25, 0.3) is 5.91 Å². The number of ketones is 1. The number of unbranched alkanes of at least 4 members (excludes halogenated alkanes) is 1. The molecule has 0 radical (unpaired) electrons. The van der Waals surface area contributed by atoms with Gasteiger partial charge in [-0.3, -0.25) is 9.59 Å². The molecule has 0 aliphatic rings. The van der Waals surface area contributed by atoms with Gasteiger partial charge in [-0.1, -0.05) is 61.9 Å². The number of carbonyl (C=O) groups excluding carboxylic acids is 3. The van der Waals surface area contributed by atoms with Gasteiger partial charge in [0.1, 0.15) is 0 Å². The zero-order chi connectivity index (χ0) is 18.1. The Hall–Kier alpha value is -2.95. The van der Waals surface area contributed by atoms with Crippen molar-refractivity contribution < 1.29 is 19.1 Å². The molecule has 0 saturated heterocycles. The molecule has 0 bridgehead atoms. The Labute approximate surface area is 147 Å². The van der Waals surface area contributed by atoms with Crippen molar-refractivity contribution in [2.75, 3.05) is 13.2 Å². The zero-order valence-corrected chi connectivity index (χ0v) is 14.2. The van der Waals surface area contributed by atoms with Crippen molar-refractivity contribution in [3.63, 3.8) is 0 Å². The van der Waals surface area contributed by atoms with Crippen molar-refractivity contribution >= 4 is 17.7 Å². The van der Waals surface area contributed by atoms with Crippen LogP contribution in [-0.2, 0) is 9.53 Å². The Kier molecular flexibility index (Phi) is 6.89. The summed E-state index contributed by atoms with van der Waals surface area (Å²) < 4.78 is 5.04. The first kappa shape index (κ1) is 18.4. The number of amides is 1. The lowest BCUT2D eigenvalue weighted by Gasteiger charge is -2.09. The normalized spacial score (nSPS) is 10.1. The summed E-state index contributed by atoms with van der Waals surface area (Å²) in [5.74, 6) is -1.31. The summed E-state index contributed by atoms with van der Waals surface area (Å²) in [7, 11) is 0. The van der Waals surface area contributed by atoms with E-state index < -0.39 is 5.97 Å². The molecule has 25 heavy (non-hydrogen) atoms. The van der Waals surface area contributed by atoms with E-state index in [0.717, 1.165) is 12.8 Å². The van der Waals surface area contributed by atoms with Gasteiger partial charge in [0.05, 0.1) is 5.56 Å². The van der Waals surface area contributed by atoms with Crippen LogP contribution in [0.5, 0.6) is 0 Å². The number of carbonyl (C=O) groups is 3. The van der Waals surface area contributed by atoms with Crippen LogP contribution in [0, 0.1) is 0 Å². The number of esters is 1. The van der Waals surface area contributed by atoms with Gasteiger partial charge in [-0.15, -0.1) is 0 Å². The summed E-state index contributed by atoms with van der Waals surface area (Å²) in [6.07, 6.45) is 1.84. The fraction of sp³-hybridized carbons (Fsp3) is 0.250. The number of hydrogen-bond donors (Lipinski definition) is 1. The summed E-state index contributed by atoms with van der Waals surface area (Å²) >= 11 is 0. The summed E-state index contributed by atoms with van der Waals surface area (Å²) in [4.78, 5) is 36.5. The molecule has 0 saturated carbocycles. The van der Waals surface area contributed by atoms with Crippen molar-refractivity contribution in [3.8, 4) is 0 Å². The molecule has 0 atom stereocenters. The Balaban J connectivity index is 2.06. The molecule has 2 aromatic rings. The van der Waals surface area contributed by atoms with Crippen LogP contribution in [0.25, 0.3) is 0 Å². The van der Waals surface area contributed by atoms with E-state index in [1.165, 1.54) is 6.07 Å². The topological polar surface area (TPSA) is 72.5 Å².